The summed E-state index contributed by atoms with van der Waals surface area (Å²) in [6, 6.07) is 0. The summed E-state index contributed by atoms with van der Waals surface area (Å²) >= 11 is 0. The average Bonchev–Trinajstić information content (AvgIpc) is 2.56. The second-order valence-corrected chi connectivity index (χ2v) is 7.40. The summed E-state index contributed by atoms with van der Waals surface area (Å²) in [6.45, 7) is 13.4. The van der Waals surface area contributed by atoms with Crippen LogP contribution in [0.15, 0.2) is 0 Å². The largest absolute Gasteiger partial charge is 0.342 e. The SMILES string of the molecule is CC1(CN)CCN(C(=O)C2C(C)(C)C2(C)C)C1. The Balaban J connectivity index is 2.05. The molecule has 2 rings (SSSR count). The van der Waals surface area contributed by atoms with Crippen molar-refractivity contribution < 1.29 is 4.79 Å². The molecule has 0 radical (unpaired) electrons. The molecule has 0 aromatic carbocycles. The molecule has 0 spiro atoms. The van der Waals surface area contributed by atoms with Gasteiger partial charge in [-0.15, -0.1) is 0 Å². The lowest BCUT2D eigenvalue weighted by Gasteiger charge is -2.23. The van der Waals surface area contributed by atoms with Crippen molar-refractivity contribution in [2.24, 2.45) is 27.9 Å². The first-order valence-corrected chi connectivity index (χ1v) is 6.65. The zero-order valence-electron chi connectivity index (χ0n) is 11.8. The minimum absolute atomic E-state index is 0.138. The molecule has 1 unspecified atom stereocenters. The molecule has 1 atom stereocenters. The van der Waals surface area contributed by atoms with Gasteiger partial charge in [0.1, 0.15) is 0 Å². The molecule has 2 aliphatic rings. The second kappa shape index (κ2) is 3.47. The summed E-state index contributed by atoms with van der Waals surface area (Å²) in [6.07, 6.45) is 1.04. The Morgan fingerprint density at radius 2 is 1.76 bits per heavy atom. The summed E-state index contributed by atoms with van der Waals surface area (Å²) in [4.78, 5) is 14.6. The molecule has 3 nitrogen and oxygen atoms in total. The van der Waals surface area contributed by atoms with Gasteiger partial charge in [0, 0.05) is 19.0 Å². The van der Waals surface area contributed by atoms with Gasteiger partial charge in [0.15, 0.2) is 0 Å². The predicted molar refractivity (Wildman–Crippen MR) is 69.4 cm³/mol. The highest BCUT2D eigenvalue weighted by molar-refractivity contribution is 5.84. The quantitative estimate of drug-likeness (QED) is 0.798. The maximum absolute atomic E-state index is 12.5. The molecule has 0 bridgehead atoms. The zero-order valence-corrected chi connectivity index (χ0v) is 11.8. The van der Waals surface area contributed by atoms with Crippen molar-refractivity contribution in [1.29, 1.82) is 0 Å². The lowest BCUT2D eigenvalue weighted by molar-refractivity contribution is -0.133. The van der Waals surface area contributed by atoms with Gasteiger partial charge in [-0.1, -0.05) is 34.6 Å². The normalized spacial score (nSPS) is 35.1. The number of hydrogen-bond donors (Lipinski definition) is 1. The van der Waals surface area contributed by atoms with Crippen molar-refractivity contribution in [3.05, 3.63) is 0 Å². The van der Waals surface area contributed by atoms with Gasteiger partial charge in [0.05, 0.1) is 0 Å². The van der Waals surface area contributed by atoms with Crippen LogP contribution in [0.25, 0.3) is 0 Å². The van der Waals surface area contributed by atoms with Gasteiger partial charge in [0.25, 0.3) is 0 Å². The fraction of sp³-hybridized carbons (Fsp3) is 0.929. The third-order valence-corrected chi connectivity index (χ3v) is 5.63. The first kappa shape index (κ1) is 12.9. The molecule has 0 aromatic heterocycles. The minimum Gasteiger partial charge on any atom is -0.342 e. The van der Waals surface area contributed by atoms with E-state index in [4.69, 9.17) is 5.73 Å². The van der Waals surface area contributed by atoms with E-state index in [1.807, 2.05) is 4.90 Å². The van der Waals surface area contributed by atoms with Crippen molar-refractivity contribution >= 4 is 5.91 Å². The van der Waals surface area contributed by atoms with Crippen molar-refractivity contribution in [3.63, 3.8) is 0 Å². The maximum atomic E-state index is 12.5. The molecule has 98 valence electrons. The highest BCUT2D eigenvalue weighted by Gasteiger charge is 2.69. The van der Waals surface area contributed by atoms with Gasteiger partial charge < -0.3 is 10.6 Å². The van der Waals surface area contributed by atoms with Crippen LogP contribution in [0.4, 0.5) is 0 Å². The van der Waals surface area contributed by atoms with Crippen LogP contribution in [0.5, 0.6) is 0 Å². The first-order chi connectivity index (χ1) is 7.66. The van der Waals surface area contributed by atoms with Crippen LogP contribution in [0, 0.1) is 22.2 Å². The fourth-order valence-corrected chi connectivity index (χ4v) is 3.37. The van der Waals surface area contributed by atoms with Gasteiger partial charge in [-0.3, -0.25) is 4.79 Å². The summed E-state index contributed by atoms with van der Waals surface area (Å²) in [5.41, 5.74) is 6.22. The van der Waals surface area contributed by atoms with Crippen molar-refractivity contribution in [2.45, 2.75) is 41.0 Å². The van der Waals surface area contributed by atoms with Crippen LogP contribution in [-0.4, -0.2) is 30.4 Å². The Hall–Kier alpha value is -0.570. The molecule has 1 heterocycles. The number of carbonyl (C=O) groups excluding carboxylic acids is 1. The molecule has 2 fully saturated rings. The van der Waals surface area contributed by atoms with Crippen molar-refractivity contribution in [1.82, 2.24) is 4.90 Å². The minimum atomic E-state index is 0.138. The topological polar surface area (TPSA) is 46.3 Å². The van der Waals surface area contributed by atoms with E-state index in [0.29, 0.717) is 12.5 Å². The summed E-state index contributed by atoms with van der Waals surface area (Å²) in [5, 5.41) is 0. The van der Waals surface area contributed by atoms with Gasteiger partial charge in [0.2, 0.25) is 5.91 Å². The van der Waals surface area contributed by atoms with E-state index in [2.05, 4.69) is 34.6 Å². The van der Waals surface area contributed by atoms with E-state index in [9.17, 15) is 4.79 Å². The van der Waals surface area contributed by atoms with E-state index < -0.39 is 0 Å². The van der Waals surface area contributed by atoms with Crippen LogP contribution < -0.4 is 5.73 Å². The lowest BCUT2D eigenvalue weighted by atomic mass is 9.90. The van der Waals surface area contributed by atoms with Crippen LogP contribution in [0.3, 0.4) is 0 Å². The summed E-state index contributed by atoms with van der Waals surface area (Å²) in [5.74, 6) is 0.535. The van der Waals surface area contributed by atoms with E-state index >= 15 is 0 Å². The molecular formula is C14H26N2O. The van der Waals surface area contributed by atoms with Crippen LogP contribution in [-0.2, 0) is 4.79 Å². The third kappa shape index (κ3) is 1.70. The standard InChI is InChI=1S/C14H26N2O/c1-12(2)10(13(12,3)4)11(17)16-7-6-14(5,8-15)9-16/h10H,6-9,15H2,1-5H3. The van der Waals surface area contributed by atoms with E-state index in [0.717, 1.165) is 19.5 Å². The number of amides is 1. The Morgan fingerprint density at radius 3 is 2.12 bits per heavy atom. The molecule has 0 aromatic rings. The third-order valence-electron chi connectivity index (χ3n) is 5.63. The molecule has 1 amide bonds. The molecule has 1 saturated carbocycles. The van der Waals surface area contributed by atoms with Crippen LogP contribution in [0.1, 0.15) is 41.0 Å². The highest BCUT2D eigenvalue weighted by atomic mass is 16.2. The Morgan fingerprint density at radius 1 is 1.24 bits per heavy atom. The molecule has 3 heteroatoms. The zero-order chi connectivity index (χ0) is 13.1. The van der Waals surface area contributed by atoms with Gasteiger partial charge in [-0.2, -0.15) is 0 Å². The predicted octanol–water partition coefficient (Wildman–Crippen LogP) is 1.87. The number of hydrogen-bond acceptors (Lipinski definition) is 2. The average molecular weight is 238 g/mol. The molecular weight excluding hydrogens is 212 g/mol. The number of rotatable bonds is 2. The lowest BCUT2D eigenvalue weighted by Crippen LogP contribution is -2.36. The van der Waals surface area contributed by atoms with Gasteiger partial charge in [-0.25, -0.2) is 0 Å². The maximum Gasteiger partial charge on any atom is 0.226 e. The number of likely N-dealkylation sites (tertiary alicyclic amines) is 1. The Kier molecular flexibility index (Phi) is 2.63. The molecule has 1 aliphatic heterocycles. The van der Waals surface area contributed by atoms with E-state index in [1.54, 1.807) is 0 Å². The highest BCUT2D eigenvalue weighted by Crippen LogP contribution is 2.69. The van der Waals surface area contributed by atoms with Crippen molar-refractivity contribution in [3.8, 4) is 0 Å². The van der Waals surface area contributed by atoms with Crippen LogP contribution in [0.2, 0.25) is 0 Å². The summed E-state index contributed by atoms with van der Waals surface area (Å²) < 4.78 is 0. The first-order valence-electron chi connectivity index (χ1n) is 6.65. The number of nitrogens with two attached hydrogens (primary N) is 1. The van der Waals surface area contributed by atoms with Crippen LogP contribution >= 0.6 is 0 Å². The molecule has 1 aliphatic carbocycles. The van der Waals surface area contributed by atoms with Gasteiger partial charge >= 0.3 is 0 Å². The number of carbonyl (C=O) groups is 1. The fourth-order valence-electron chi connectivity index (χ4n) is 3.37. The summed E-state index contributed by atoms with van der Waals surface area (Å²) in [7, 11) is 0. The Labute approximate surface area is 105 Å². The molecule has 1 saturated heterocycles. The number of nitrogens with zero attached hydrogens (tertiary/aromatic N) is 1. The van der Waals surface area contributed by atoms with E-state index in [1.165, 1.54) is 0 Å². The Bertz CT molecular complexity index is 334. The molecule has 2 N–H and O–H groups in total. The molecule has 17 heavy (non-hydrogen) atoms. The van der Waals surface area contributed by atoms with Gasteiger partial charge in [-0.05, 0) is 29.2 Å². The van der Waals surface area contributed by atoms with E-state index in [-0.39, 0.29) is 22.2 Å². The second-order valence-electron chi connectivity index (χ2n) is 7.40. The smallest absolute Gasteiger partial charge is 0.226 e. The van der Waals surface area contributed by atoms with Crippen molar-refractivity contribution in [2.75, 3.05) is 19.6 Å². The monoisotopic (exact) mass is 238 g/mol.